The summed E-state index contributed by atoms with van der Waals surface area (Å²) in [6.45, 7) is 6.23. The van der Waals surface area contributed by atoms with Gasteiger partial charge in [0.1, 0.15) is 10.7 Å². The first-order valence-electron chi connectivity index (χ1n) is 7.07. The number of sulfone groups is 1. The van der Waals surface area contributed by atoms with Gasteiger partial charge in [0.15, 0.2) is 9.84 Å². The standard InChI is InChI=1S/C15H24FNO3S/c1-5-10(2)14(18)9-17-11(3)12-6-7-15(13(16)8-12)21(4,19)20/h6-8,10-11,14,17-18H,5,9H2,1-4H3. The molecule has 1 rings (SSSR count). The van der Waals surface area contributed by atoms with E-state index < -0.39 is 21.8 Å². The second-order valence-electron chi connectivity index (χ2n) is 5.54. The molecule has 1 aromatic rings. The predicted octanol–water partition coefficient (Wildman–Crippen LogP) is 2.29. The fourth-order valence-electron chi connectivity index (χ4n) is 1.98. The Balaban J connectivity index is 2.76. The van der Waals surface area contributed by atoms with Crippen molar-refractivity contribution < 1.29 is 17.9 Å². The van der Waals surface area contributed by atoms with Crippen molar-refractivity contribution >= 4 is 9.84 Å². The normalized spacial score (nSPS) is 16.5. The molecule has 0 fully saturated rings. The molecule has 3 unspecified atom stereocenters. The third-order valence-corrected chi connectivity index (χ3v) is 4.92. The molecule has 0 aliphatic carbocycles. The first-order valence-corrected chi connectivity index (χ1v) is 8.96. The van der Waals surface area contributed by atoms with Crippen LogP contribution >= 0.6 is 0 Å². The lowest BCUT2D eigenvalue weighted by Crippen LogP contribution is -2.33. The summed E-state index contributed by atoms with van der Waals surface area (Å²) in [6.07, 6.45) is 1.40. The van der Waals surface area contributed by atoms with Crippen LogP contribution in [0.2, 0.25) is 0 Å². The van der Waals surface area contributed by atoms with Gasteiger partial charge < -0.3 is 10.4 Å². The van der Waals surface area contributed by atoms with Gasteiger partial charge in [-0.15, -0.1) is 0 Å². The largest absolute Gasteiger partial charge is 0.392 e. The van der Waals surface area contributed by atoms with Gasteiger partial charge in [-0.1, -0.05) is 26.3 Å². The molecular formula is C15H24FNO3S. The molecule has 0 saturated heterocycles. The first kappa shape index (κ1) is 18.1. The number of aliphatic hydroxyl groups excluding tert-OH is 1. The molecule has 0 aliphatic rings. The van der Waals surface area contributed by atoms with Gasteiger partial charge in [0.2, 0.25) is 0 Å². The van der Waals surface area contributed by atoms with Crippen molar-refractivity contribution in [3.05, 3.63) is 29.6 Å². The van der Waals surface area contributed by atoms with Gasteiger partial charge in [0.25, 0.3) is 0 Å². The summed E-state index contributed by atoms with van der Waals surface area (Å²) in [6, 6.07) is 3.92. The van der Waals surface area contributed by atoms with Crippen LogP contribution in [0.5, 0.6) is 0 Å². The van der Waals surface area contributed by atoms with Crippen LogP contribution in [0.25, 0.3) is 0 Å². The minimum Gasteiger partial charge on any atom is -0.392 e. The quantitative estimate of drug-likeness (QED) is 0.810. The molecule has 2 N–H and O–H groups in total. The second kappa shape index (κ2) is 7.33. The van der Waals surface area contributed by atoms with Crippen molar-refractivity contribution in [2.24, 2.45) is 5.92 Å². The van der Waals surface area contributed by atoms with Crippen molar-refractivity contribution in [2.45, 2.75) is 44.2 Å². The van der Waals surface area contributed by atoms with Gasteiger partial charge >= 0.3 is 0 Å². The topological polar surface area (TPSA) is 66.4 Å². The molecule has 0 aliphatic heterocycles. The van der Waals surface area contributed by atoms with Crippen molar-refractivity contribution in [3.8, 4) is 0 Å². The molecule has 3 atom stereocenters. The Morgan fingerprint density at radius 3 is 2.43 bits per heavy atom. The lowest BCUT2D eigenvalue weighted by molar-refractivity contribution is 0.110. The molecule has 0 radical (unpaired) electrons. The van der Waals surface area contributed by atoms with Gasteiger partial charge in [0, 0.05) is 18.8 Å². The van der Waals surface area contributed by atoms with Gasteiger partial charge in [-0.25, -0.2) is 12.8 Å². The van der Waals surface area contributed by atoms with Crippen LogP contribution in [0, 0.1) is 11.7 Å². The van der Waals surface area contributed by atoms with E-state index in [-0.39, 0.29) is 16.9 Å². The Hall–Kier alpha value is -0.980. The van der Waals surface area contributed by atoms with Crippen LogP contribution in [0.4, 0.5) is 4.39 Å². The summed E-state index contributed by atoms with van der Waals surface area (Å²) in [5.74, 6) is -0.555. The Labute approximate surface area is 126 Å². The third-order valence-electron chi connectivity index (χ3n) is 3.79. The SMILES string of the molecule is CCC(C)C(O)CNC(C)c1ccc(S(C)(=O)=O)c(F)c1. The number of rotatable bonds is 7. The van der Waals surface area contributed by atoms with E-state index in [0.717, 1.165) is 12.7 Å². The zero-order valence-electron chi connectivity index (χ0n) is 12.9. The monoisotopic (exact) mass is 317 g/mol. The molecule has 0 spiro atoms. The highest BCUT2D eigenvalue weighted by atomic mass is 32.2. The molecule has 0 bridgehead atoms. The Bertz CT molecular complexity index is 574. The summed E-state index contributed by atoms with van der Waals surface area (Å²) in [5.41, 5.74) is 0.649. The van der Waals surface area contributed by atoms with Crippen LogP contribution < -0.4 is 5.32 Å². The minimum absolute atomic E-state index is 0.174. The summed E-state index contributed by atoms with van der Waals surface area (Å²) in [4.78, 5) is -0.293. The average Bonchev–Trinajstić information content (AvgIpc) is 2.41. The number of hydrogen-bond acceptors (Lipinski definition) is 4. The van der Waals surface area contributed by atoms with E-state index in [1.165, 1.54) is 12.1 Å². The van der Waals surface area contributed by atoms with Crippen LogP contribution in [-0.2, 0) is 9.84 Å². The van der Waals surface area contributed by atoms with Crippen LogP contribution in [0.15, 0.2) is 23.1 Å². The van der Waals surface area contributed by atoms with Crippen LogP contribution in [-0.4, -0.2) is 32.4 Å². The van der Waals surface area contributed by atoms with E-state index in [1.54, 1.807) is 6.07 Å². The Morgan fingerprint density at radius 1 is 1.33 bits per heavy atom. The molecular weight excluding hydrogens is 293 g/mol. The van der Waals surface area contributed by atoms with E-state index in [1.807, 2.05) is 20.8 Å². The molecule has 21 heavy (non-hydrogen) atoms. The number of hydrogen-bond donors (Lipinski definition) is 2. The smallest absolute Gasteiger partial charge is 0.178 e. The van der Waals surface area contributed by atoms with Crippen LogP contribution in [0.1, 0.15) is 38.8 Å². The average molecular weight is 317 g/mol. The van der Waals surface area contributed by atoms with E-state index in [9.17, 15) is 17.9 Å². The third kappa shape index (κ3) is 5.05. The second-order valence-corrected chi connectivity index (χ2v) is 7.53. The molecule has 4 nitrogen and oxygen atoms in total. The zero-order valence-corrected chi connectivity index (χ0v) is 13.7. The minimum atomic E-state index is -3.55. The zero-order chi connectivity index (χ0) is 16.2. The highest BCUT2D eigenvalue weighted by Crippen LogP contribution is 2.20. The molecule has 6 heteroatoms. The molecule has 0 aromatic heterocycles. The fraction of sp³-hybridized carbons (Fsp3) is 0.600. The van der Waals surface area contributed by atoms with Crippen molar-refractivity contribution in [1.29, 1.82) is 0 Å². The number of halogens is 1. The maximum Gasteiger partial charge on any atom is 0.178 e. The summed E-state index contributed by atoms with van der Waals surface area (Å²) < 4.78 is 36.6. The summed E-state index contributed by atoms with van der Waals surface area (Å²) in [7, 11) is -3.55. The van der Waals surface area contributed by atoms with Crippen molar-refractivity contribution in [2.75, 3.05) is 12.8 Å². The maximum atomic E-state index is 13.8. The Morgan fingerprint density at radius 2 is 1.95 bits per heavy atom. The summed E-state index contributed by atoms with van der Waals surface area (Å²) in [5, 5.41) is 13.0. The highest BCUT2D eigenvalue weighted by Gasteiger charge is 2.17. The van der Waals surface area contributed by atoms with Crippen molar-refractivity contribution in [1.82, 2.24) is 5.32 Å². The van der Waals surface area contributed by atoms with E-state index in [0.29, 0.717) is 12.1 Å². The fourth-order valence-corrected chi connectivity index (χ4v) is 2.70. The molecule has 0 saturated carbocycles. The lowest BCUT2D eigenvalue weighted by Gasteiger charge is -2.21. The van der Waals surface area contributed by atoms with E-state index in [4.69, 9.17) is 0 Å². The maximum absolute atomic E-state index is 13.8. The van der Waals surface area contributed by atoms with E-state index >= 15 is 0 Å². The Kier molecular flexibility index (Phi) is 6.31. The molecule has 1 aromatic carbocycles. The molecule has 0 amide bonds. The number of benzene rings is 1. The number of nitrogens with one attached hydrogen (secondary N) is 1. The number of aliphatic hydroxyl groups is 1. The highest BCUT2D eigenvalue weighted by molar-refractivity contribution is 7.90. The van der Waals surface area contributed by atoms with Gasteiger partial charge in [-0.3, -0.25) is 0 Å². The first-order chi connectivity index (χ1) is 9.66. The van der Waals surface area contributed by atoms with Gasteiger partial charge in [-0.2, -0.15) is 0 Å². The summed E-state index contributed by atoms with van der Waals surface area (Å²) >= 11 is 0. The van der Waals surface area contributed by atoms with Crippen LogP contribution in [0.3, 0.4) is 0 Å². The predicted molar refractivity (Wildman–Crippen MR) is 81.4 cm³/mol. The van der Waals surface area contributed by atoms with Gasteiger partial charge in [-0.05, 0) is 30.5 Å². The van der Waals surface area contributed by atoms with E-state index in [2.05, 4.69) is 5.32 Å². The lowest BCUT2D eigenvalue weighted by atomic mass is 10.0. The van der Waals surface area contributed by atoms with Crippen molar-refractivity contribution in [3.63, 3.8) is 0 Å². The molecule has 0 heterocycles. The molecule has 120 valence electrons. The van der Waals surface area contributed by atoms with Gasteiger partial charge in [0.05, 0.1) is 6.10 Å².